The van der Waals surface area contributed by atoms with Gasteiger partial charge in [0, 0.05) is 50.7 Å². The number of nitrogens with zero attached hydrogens (tertiary/aromatic N) is 1. The van der Waals surface area contributed by atoms with Crippen LogP contribution in [0, 0.1) is 0 Å². The zero-order valence-corrected chi connectivity index (χ0v) is 14.1. The quantitative estimate of drug-likeness (QED) is 0.839. The van der Waals surface area contributed by atoms with Crippen molar-refractivity contribution in [2.24, 2.45) is 0 Å². The van der Waals surface area contributed by atoms with Gasteiger partial charge in [0.15, 0.2) is 0 Å². The highest BCUT2D eigenvalue weighted by Gasteiger charge is 2.13. The van der Waals surface area contributed by atoms with E-state index in [1.807, 2.05) is 12.3 Å². The number of rotatable bonds is 4. The maximum Gasteiger partial charge on any atom is 0.0684 e. The summed E-state index contributed by atoms with van der Waals surface area (Å²) < 4.78 is 2.07. The normalized spacial score (nSPS) is 20.5. The van der Waals surface area contributed by atoms with Gasteiger partial charge in [0.25, 0.3) is 0 Å². The molecule has 1 unspecified atom stereocenters. The smallest absolute Gasteiger partial charge is 0.0684 e. The van der Waals surface area contributed by atoms with Gasteiger partial charge < -0.3 is 5.32 Å². The van der Waals surface area contributed by atoms with E-state index < -0.39 is 0 Å². The van der Waals surface area contributed by atoms with Crippen LogP contribution >= 0.6 is 55.4 Å². The first-order chi connectivity index (χ1) is 8.25. The highest BCUT2D eigenvalue weighted by atomic mass is 79.9. The predicted octanol–water partition coefficient (Wildman–Crippen LogP) is 3.54. The molecule has 94 valence electrons. The molecule has 1 saturated heterocycles. The molecule has 0 saturated carbocycles. The first-order valence-corrected chi connectivity index (χ1v) is 9.24. The van der Waals surface area contributed by atoms with Gasteiger partial charge in [-0.25, -0.2) is 0 Å². The Balaban J connectivity index is 1.77. The summed E-state index contributed by atoms with van der Waals surface area (Å²) in [7, 11) is 0. The van der Waals surface area contributed by atoms with Crippen molar-refractivity contribution in [2.45, 2.75) is 11.8 Å². The number of hydrogen-bond donors (Lipinski definition) is 1. The van der Waals surface area contributed by atoms with Crippen molar-refractivity contribution in [3.63, 3.8) is 0 Å². The lowest BCUT2D eigenvalue weighted by molar-refractivity contribution is 0.672. The van der Waals surface area contributed by atoms with Gasteiger partial charge in [0.05, 0.1) is 5.69 Å². The van der Waals surface area contributed by atoms with Crippen molar-refractivity contribution in [2.75, 3.05) is 23.8 Å². The number of pyridine rings is 1. The van der Waals surface area contributed by atoms with Gasteiger partial charge in [-0.05, 0) is 37.9 Å². The van der Waals surface area contributed by atoms with E-state index in [-0.39, 0.29) is 0 Å². The molecule has 0 spiro atoms. The summed E-state index contributed by atoms with van der Waals surface area (Å²) in [5.41, 5.74) is 1.07. The Morgan fingerprint density at radius 1 is 1.41 bits per heavy atom. The van der Waals surface area contributed by atoms with E-state index in [1.54, 1.807) is 0 Å². The summed E-state index contributed by atoms with van der Waals surface area (Å²) in [6, 6.07) is 2.04. The van der Waals surface area contributed by atoms with Crippen LogP contribution in [-0.4, -0.2) is 34.0 Å². The summed E-state index contributed by atoms with van der Waals surface area (Å²) in [6.45, 7) is 1.90. The first-order valence-electron chi connectivity index (χ1n) is 5.45. The zero-order chi connectivity index (χ0) is 12.1. The van der Waals surface area contributed by atoms with E-state index in [1.165, 1.54) is 17.3 Å². The molecule has 0 bridgehead atoms. The van der Waals surface area contributed by atoms with Gasteiger partial charge in [0.1, 0.15) is 0 Å². The Hall–Kier alpha value is 0.770. The number of hydrogen-bond acceptors (Lipinski definition) is 4. The van der Waals surface area contributed by atoms with Crippen LogP contribution in [-0.2, 0) is 6.54 Å². The lowest BCUT2D eigenvalue weighted by atomic mass is 10.3. The molecule has 2 rings (SSSR count). The third-order valence-corrected chi connectivity index (χ3v) is 6.40. The maximum absolute atomic E-state index is 4.39. The minimum atomic E-state index is 0.753. The molecule has 1 atom stereocenters. The Labute approximate surface area is 127 Å². The minimum absolute atomic E-state index is 0.753. The Morgan fingerprint density at radius 3 is 3.00 bits per heavy atom. The topological polar surface area (TPSA) is 24.9 Å². The third-order valence-electron chi connectivity index (χ3n) is 2.43. The van der Waals surface area contributed by atoms with Crippen molar-refractivity contribution in [1.29, 1.82) is 0 Å². The van der Waals surface area contributed by atoms with Crippen LogP contribution in [0.15, 0.2) is 21.2 Å². The molecule has 0 radical (unpaired) electrons. The summed E-state index contributed by atoms with van der Waals surface area (Å²) in [5, 5.41) is 4.24. The Kier molecular flexibility index (Phi) is 6.16. The summed E-state index contributed by atoms with van der Waals surface area (Å²) in [6.07, 6.45) is 1.84. The standard InChI is InChI=1S/C11H14Br2N2S2/c12-8-3-10(13)11(15-4-8)6-14-5-9-7-16-1-2-17-9/h3-4,9,14H,1-2,5-7H2. The van der Waals surface area contributed by atoms with Crippen LogP contribution < -0.4 is 5.32 Å². The molecule has 2 heterocycles. The molecule has 1 N–H and O–H groups in total. The molecule has 6 heteroatoms. The lowest BCUT2D eigenvalue weighted by Crippen LogP contribution is -2.29. The molecule has 1 aromatic rings. The zero-order valence-electron chi connectivity index (χ0n) is 9.29. The average molecular weight is 398 g/mol. The van der Waals surface area contributed by atoms with Crippen molar-refractivity contribution >= 4 is 55.4 Å². The fourth-order valence-electron chi connectivity index (χ4n) is 1.58. The van der Waals surface area contributed by atoms with Crippen LogP contribution in [0.1, 0.15) is 5.69 Å². The first kappa shape index (κ1) is 14.2. The number of thioether (sulfide) groups is 2. The van der Waals surface area contributed by atoms with Crippen LogP contribution in [0.3, 0.4) is 0 Å². The largest absolute Gasteiger partial charge is 0.310 e. The summed E-state index contributed by atoms with van der Waals surface area (Å²) in [4.78, 5) is 4.39. The van der Waals surface area contributed by atoms with E-state index >= 15 is 0 Å². The van der Waals surface area contributed by atoms with E-state index in [2.05, 4.69) is 65.7 Å². The molecule has 1 aromatic heterocycles. The van der Waals surface area contributed by atoms with Crippen LogP contribution in [0.4, 0.5) is 0 Å². The molecule has 17 heavy (non-hydrogen) atoms. The van der Waals surface area contributed by atoms with Gasteiger partial charge >= 0.3 is 0 Å². The SMILES string of the molecule is Brc1cnc(CNCC2CSCCS2)c(Br)c1. The second kappa shape index (κ2) is 7.38. The van der Waals surface area contributed by atoms with E-state index in [4.69, 9.17) is 0 Å². The van der Waals surface area contributed by atoms with Crippen LogP contribution in [0.25, 0.3) is 0 Å². The fourth-order valence-corrected chi connectivity index (χ4v) is 5.35. The number of nitrogens with one attached hydrogen (secondary N) is 1. The van der Waals surface area contributed by atoms with Gasteiger partial charge in [-0.15, -0.1) is 0 Å². The maximum atomic E-state index is 4.39. The molecule has 1 fully saturated rings. The highest BCUT2D eigenvalue weighted by molar-refractivity contribution is 9.11. The van der Waals surface area contributed by atoms with Crippen LogP contribution in [0.5, 0.6) is 0 Å². The number of halogens is 2. The third kappa shape index (κ3) is 4.74. The molecule has 1 aliphatic rings. The molecule has 2 nitrogen and oxygen atoms in total. The monoisotopic (exact) mass is 396 g/mol. The predicted molar refractivity (Wildman–Crippen MR) is 84.9 cm³/mol. The minimum Gasteiger partial charge on any atom is -0.310 e. The van der Waals surface area contributed by atoms with Gasteiger partial charge in [0.2, 0.25) is 0 Å². The molecular formula is C11H14Br2N2S2. The lowest BCUT2D eigenvalue weighted by Gasteiger charge is -2.21. The van der Waals surface area contributed by atoms with E-state index in [9.17, 15) is 0 Å². The van der Waals surface area contributed by atoms with Gasteiger partial charge in [-0.2, -0.15) is 23.5 Å². The molecular weight excluding hydrogens is 384 g/mol. The van der Waals surface area contributed by atoms with Gasteiger partial charge in [-0.3, -0.25) is 4.98 Å². The van der Waals surface area contributed by atoms with E-state index in [0.717, 1.165) is 33.0 Å². The molecule has 0 amide bonds. The van der Waals surface area contributed by atoms with Crippen molar-refractivity contribution in [3.8, 4) is 0 Å². The second-order valence-electron chi connectivity index (χ2n) is 3.78. The number of aromatic nitrogens is 1. The average Bonchev–Trinajstić information content (AvgIpc) is 2.33. The highest BCUT2D eigenvalue weighted by Crippen LogP contribution is 2.23. The van der Waals surface area contributed by atoms with Gasteiger partial charge in [-0.1, -0.05) is 0 Å². The Morgan fingerprint density at radius 2 is 2.29 bits per heavy atom. The second-order valence-corrected chi connectivity index (χ2v) is 8.11. The molecule has 1 aliphatic heterocycles. The Bertz CT molecular complexity index is 370. The molecule has 0 aliphatic carbocycles. The fraction of sp³-hybridized carbons (Fsp3) is 0.545. The summed E-state index contributed by atoms with van der Waals surface area (Å²) >= 11 is 11.1. The molecule has 0 aromatic carbocycles. The van der Waals surface area contributed by atoms with Crippen molar-refractivity contribution in [3.05, 3.63) is 26.9 Å². The van der Waals surface area contributed by atoms with E-state index in [0.29, 0.717) is 0 Å². The van der Waals surface area contributed by atoms with Crippen LogP contribution in [0.2, 0.25) is 0 Å². The van der Waals surface area contributed by atoms with Crippen molar-refractivity contribution < 1.29 is 0 Å². The van der Waals surface area contributed by atoms with Crippen molar-refractivity contribution in [1.82, 2.24) is 10.3 Å². The summed E-state index contributed by atoms with van der Waals surface area (Å²) in [5.74, 6) is 3.87.